The van der Waals surface area contributed by atoms with Crippen molar-refractivity contribution in [1.82, 2.24) is 0 Å². The van der Waals surface area contributed by atoms with Gasteiger partial charge in [-0.25, -0.2) is 0 Å². The average molecular weight is 407 g/mol. The molecule has 0 radical (unpaired) electrons. The Kier molecular flexibility index (Phi) is 7.93. The van der Waals surface area contributed by atoms with E-state index in [0.29, 0.717) is 17.1 Å². The second-order valence-corrected chi connectivity index (χ2v) is 8.89. The van der Waals surface area contributed by atoms with Gasteiger partial charge < -0.3 is 23.8 Å². The topological polar surface area (TPSA) is 66.0 Å². The van der Waals surface area contributed by atoms with Gasteiger partial charge in [-0.1, -0.05) is 18.2 Å². The first kappa shape index (κ1) is 22.3. The summed E-state index contributed by atoms with van der Waals surface area (Å²) in [5, 5.41) is 3.32. The van der Waals surface area contributed by atoms with Crippen LogP contribution in [-0.2, 0) is 13.6 Å². The van der Waals surface area contributed by atoms with Crippen LogP contribution in [0.3, 0.4) is 0 Å². The molecule has 28 heavy (non-hydrogen) atoms. The second kappa shape index (κ2) is 9.97. The monoisotopic (exact) mass is 407 g/mol. The number of rotatable bonds is 10. The molecular formula is C21H30NO5P. The van der Waals surface area contributed by atoms with E-state index in [1.807, 2.05) is 64.1 Å². The summed E-state index contributed by atoms with van der Waals surface area (Å²) < 4.78 is 36.6. The van der Waals surface area contributed by atoms with Gasteiger partial charge in [0.2, 0.25) is 0 Å². The van der Waals surface area contributed by atoms with Crippen molar-refractivity contribution in [2.75, 3.05) is 19.5 Å². The number of para-hydroxylation sites is 1. The second-order valence-electron chi connectivity index (χ2n) is 6.87. The van der Waals surface area contributed by atoms with E-state index in [-0.39, 0.29) is 12.2 Å². The Labute approximate surface area is 167 Å². The van der Waals surface area contributed by atoms with Gasteiger partial charge in [0.15, 0.2) is 5.78 Å². The SMILES string of the molecule is COc1ccc([C@H](Nc2ccccc2)P(=O)(OC(C)C)OC(C)C)c(OC)c1. The predicted molar refractivity (Wildman–Crippen MR) is 112 cm³/mol. The molecule has 0 fully saturated rings. The van der Waals surface area contributed by atoms with E-state index < -0.39 is 13.4 Å². The number of benzene rings is 2. The molecule has 0 amide bonds. The number of anilines is 1. The maximum atomic E-state index is 14.0. The molecule has 6 nitrogen and oxygen atoms in total. The van der Waals surface area contributed by atoms with Crippen molar-refractivity contribution in [3.8, 4) is 11.5 Å². The van der Waals surface area contributed by atoms with Crippen LogP contribution < -0.4 is 14.8 Å². The van der Waals surface area contributed by atoms with Crippen LogP contribution in [0.25, 0.3) is 0 Å². The molecule has 0 unspecified atom stereocenters. The van der Waals surface area contributed by atoms with E-state index in [0.717, 1.165) is 5.69 Å². The minimum absolute atomic E-state index is 0.283. The molecule has 0 saturated heterocycles. The van der Waals surface area contributed by atoms with Crippen LogP contribution >= 0.6 is 7.60 Å². The first-order valence-corrected chi connectivity index (χ1v) is 10.9. The normalized spacial score (nSPS) is 12.9. The Morgan fingerprint density at radius 1 is 0.857 bits per heavy atom. The lowest BCUT2D eigenvalue weighted by Crippen LogP contribution is -2.19. The van der Waals surface area contributed by atoms with Crippen LogP contribution in [0, 0.1) is 0 Å². The summed E-state index contributed by atoms with van der Waals surface area (Å²) in [6, 6.07) is 14.9. The smallest absolute Gasteiger partial charge is 0.357 e. The van der Waals surface area contributed by atoms with Crippen molar-refractivity contribution >= 4 is 13.3 Å². The predicted octanol–water partition coefficient (Wildman–Crippen LogP) is 5.86. The van der Waals surface area contributed by atoms with Crippen molar-refractivity contribution in [1.29, 1.82) is 0 Å². The van der Waals surface area contributed by atoms with Crippen LogP contribution in [0.4, 0.5) is 5.69 Å². The third-order valence-electron chi connectivity index (χ3n) is 3.84. The van der Waals surface area contributed by atoms with Crippen molar-refractivity contribution in [2.24, 2.45) is 0 Å². The highest BCUT2D eigenvalue weighted by Gasteiger charge is 2.41. The largest absolute Gasteiger partial charge is 0.497 e. The van der Waals surface area contributed by atoms with Crippen molar-refractivity contribution in [3.05, 3.63) is 54.1 Å². The van der Waals surface area contributed by atoms with E-state index in [4.69, 9.17) is 18.5 Å². The molecule has 7 heteroatoms. The lowest BCUT2D eigenvalue weighted by Gasteiger charge is -2.32. The summed E-state index contributed by atoms with van der Waals surface area (Å²) in [5.41, 5.74) is 1.46. The Hall–Kier alpha value is -2.01. The van der Waals surface area contributed by atoms with Gasteiger partial charge in [0, 0.05) is 17.3 Å². The van der Waals surface area contributed by atoms with Crippen molar-refractivity contribution in [3.63, 3.8) is 0 Å². The van der Waals surface area contributed by atoms with Gasteiger partial charge in [-0.05, 0) is 52.0 Å². The molecule has 1 atom stereocenters. The van der Waals surface area contributed by atoms with Crippen molar-refractivity contribution < 1.29 is 23.1 Å². The summed E-state index contributed by atoms with van der Waals surface area (Å²) in [6.45, 7) is 7.34. The van der Waals surface area contributed by atoms with Crippen LogP contribution in [0.2, 0.25) is 0 Å². The van der Waals surface area contributed by atoms with Crippen LogP contribution in [0.15, 0.2) is 48.5 Å². The standard InChI is InChI=1S/C21H30NO5P/c1-15(2)26-28(23,27-16(3)4)21(22-17-10-8-7-9-11-17)19-13-12-18(24-5)14-20(19)25-6/h7-16,21-22H,1-6H3/t21-/m1/s1. The molecule has 2 aromatic rings. The van der Waals surface area contributed by atoms with Gasteiger partial charge in [-0.15, -0.1) is 0 Å². The van der Waals surface area contributed by atoms with Crippen LogP contribution in [0.1, 0.15) is 39.0 Å². The minimum Gasteiger partial charge on any atom is -0.497 e. The lowest BCUT2D eigenvalue weighted by atomic mass is 10.1. The highest BCUT2D eigenvalue weighted by Crippen LogP contribution is 2.63. The molecule has 0 aromatic heterocycles. The fraction of sp³-hybridized carbons (Fsp3) is 0.429. The number of nitrogens with one attached hydrogen (secondary N) is 1. The third-order valence-corrected chi connectivity index (χ3v) is 6.31. The van der Waals surface area contributed by atoms with E-state index >= 15 is 0 Å². The van der Waals surface area contributed by atoms with Gasteiger partial charge in [-0.2, -0.15) is 0 Å². The van der Waals surface area contributed by atoms with Crippen LogP contribution in [0.5, 0.6) is 11.5 Å². The zero-order chi connectivity index (χ0) is 20.7. The third kappa shape index (κ3) is 5.74. The highest BCUT2D eigenvalue weighted by molar-refractivity contribution is 7.54. The molecule has 0 saturated carbocycles. The molecule has 154 valence electrons. The molecule has 2 rings (SSSR count). The molecule has 0 spiro atoms. The Morgan fingerprint density at radius 3 is 1.96 bits per heavy atom. The van der Waals surface area contributed by atoms with Gasteiger partial charge in [0.05, 0.1) is 26.4 Å². The van der Waals surface area contributed by atoms with Gasteiger partial charge in [0.25, 0.3) is 0 Å². The molecule has 2 aromatic carbocycles. The van der Waals surface area contributed by atoms with Gasteiger partial charge in [-0.3, -0.25) is 4.57 Å². The highest BCUT2D eigenvalue weighted by atomic mass is 31.2. The zero-order valence-corrected chi connectivity index (χ0v) is 18.2. The zero-order valence-electron chi connectivity index (χ0n) is 17.3. The Balaban J connectivity index is 2.59. The molecule has 0 aliphatic heterocycles. The maximum absolute atomic E-state index is 14.0. The number of methoxy groups -OCH3 is 2. The van der Waals surface area contributed by atoms with E-state index in [2.05, 4.69) is 5.32 Å². The van der Waals surface area contributed by atoms with E-state index in [1.54, 1.807) is 26.4 Å². The summed E-state index contributed by atoms with van der Waals surface area (Å²) >= 11 is 0. The van der Waals surface area contributed by atoms with Crippen LogP contribution in [-0.4, -0.2) is 26.4 Å². The minimum atomic E-state index is -3.62. The molecule has 0 bridgehead atoms. The van der Waals surface area contributed by atoms with Gasteiger partial charge >= 0.3 is 7.60 Å². The fourth-order valence-electron chi connectivity index (χ4n) is 2.80. The molecule has 0 aliphatic carbocycles. The summed E-state index contributed by atoms with van der Waals surface area (Å²) in [6.07, 6.45) is -0.567. The van der Waals surface area contributed by atoms with E-state index in [1.165, 1.54) is 0 Å². The Bertz CT molecular complexity index is 781. The first-order valence-electron chi connectivity index (χ1n) is 9.29. The number of hydrogen-bond acceptors (Lipinski definition) is 6. The lowest BCUT2D eigenvalue weighted by molar-refractivity contribution is 0.137. The Morgan fingerprint density at radius 2 is 1.46 bits per heavy atom. The summed E-state index contributed by atoms with van der Waals surface area (Å²) in [5.74, 6) is 0.414. The quantitative estimate of drug-likeness (QED) is 0.498. The first-order chi connectivity index (χ1) is 13.3. The molecule has 0 heterocycles. The fourth-order valence-corrected chi connectivity index (χ4v) is 5.13. The van der Waals surface area contributed by atoms with Gasteiger partial charge in [0.1, 0.15) is 11.5 Å². The maximum Gasteiger partial charge on any atom is 0.357 e. The molecule has 1 N–H and O–H groups in total. The van der Waals surface area contributed by atoms with E-state index in [9.17, 15) is 4.57 Å². The number of ether oxygens (including phenoxy) is 2. The average Bonchev–Trinajstić information content (AvgIpc) is 2.65. The summed E-state index contributed by atoms with van der Waals surface area (Å²) in [7, 11) is -0.474. The molecule has 0 aliphatic rings. The summed E-state index contributed by atoms with van der Waals surface area (Å²) in [4.78, 5) is 0. The van der Waals surface area contributed by atoms with Crippen molar-refractivity contribution in [2.45, 2.75) is 45.7 Å². The number of hydrogen-bond donors (Lipinski definition) is 1. The molecular weight excluding hydrogens is 377 g/mol.